The molecule has 0 bridgehead atoms. The summed E-state index contributed by atoms with van der Waals surface area (Å²) in [6.07, 6.45) is 0.966. The van der Waals surface area contributed by atoms with Gasteiger partial charge in [-0.25, -0.2) is 4.79 Å². The number of carbonyl (C=O) groups is 4. The number of hydrogen-bond donors (Lipinski definition) is 1. The highest BCUT2D eigenvalue weighted by molar-refractivity contribution is 9.10. The highest BCUT2D eigenvalue weighted by atomic mass is 79.9. The van der Waals surface area contributed by atoms with Crippen LogP contribution in [-0.4, -0.2) is 57.2 Å². The molecule has 0 radical (unpaired) electrons. The van der Waals surface area contributed by atoms with E-state index in [-0.39, 0.29) is 11.1 Å². The quantitative estimate of drug-likeness (QED) is 0.783. The van der Waals surface area contributed by atoms with E-state index in [4.69, 9.17) is 0 Å². The lowest BCUT2D eigenvalue weighted by atomic mass is 10.1. The molecule has 1 saturated heterocycles. The Bertz CT molecular complexity index is 763. The van der Waals surface area contributed by atoms with Crippen molar-refractivity contribution in [1.82, 2.24) is 9.80 Å². The molecule has 8 heteroatoms. The average molecular weight is 395 g/mol. The molecule has 0 spiro atoms. The number of nitrogens with zero attached hydrogens (tertiary/aromatic N) is 2. The number of carbonyl (C=O) groups excluding carboxylic acids is 3. The Hall–Kier alpha value is -2.22. The fourth-order valence-electron chi connectivity index (χ4n) is 3.22. The summed E-state index contributed by atoms with van der Waals surface area (Å²) in [5, 5.41) is 9.21. The van der Waals surface area contributed by atoms with Crippen LogP contribution in [0.3, 0.4) is 0 Å². The van der Waals surface area contributed by atoms with Gasteiger partial charge in [-0.2, -0.15) is 0 Å². The SMILES string of the molecule is CC(C(=O)N1CCC[C@H]1C(=O)O)N1C(=O)c2ccc(Br)cc2C1=O. The zero-order chi connectivity index (χ0) is 17.6. The van der Waals surface area contributed by atoms with Crippen LogP contribution in [0.5, 0.6) is 0 Å². The maximum atomic E-state index is 12.7. The van der Waals surface area contributed by atoms with Crippen LogP contribution < -0.4 is 0 Å². The van der Waals surface area contributed by atoms with Crippen molar-refractivity contribution in [3.05, 3.63) is 33.8 Å². The molecule has 1 aromatic carbocycles. The van der Waals surface area contributed by atoms with Gasteiger partial charge in [0.2, 0.25) is 5.91 Å². The molecule has 1 aromatic rings. The Labute approximate surface area is 146 Å². The summed E-state index contributed by atoms with van der Waals surface area (Å²) in [6, 6.07) is 2.79. The van der Waals surface area contributed by atoms with Gasteiger partial charge in [0.15, 0.2) is 0 Å². The molecule has 1 fully saturated rings. The first kappa shape index (κ1) is 16.6. The minimum absolute atomic E-state index is 0.241. The lowest BCUT2D eigenvalue weighted by Gasteiger charge is -2.28. The van der Waals surface area contributed by atoms with E-state index in [9.17, 15) is 24.3 Å². The van der Waals surface area contributed by atoms with Crippen LogP contribution in [0.1, 0.15) is 40.5 Å². The van der Waals surface area contributed by atoms with E-state index in [1.54, 1.807) is 12.1 Å². The molecule has 1 N–H and O–H groups in total. The Kier molecular flexibility index (Phi) is 4.16. The standard InChI is InChI=1S/C16H15BrN2O5/c1-8(13(20)18-6-2-3-12(18)16(23)24)19-14(21)10-5-4-9(17)7-11(10)15(19)22/h4-5,7-8,12H,2-3,6H2,1H3,(H,23,24)/t8?,12-/m0/s1. The molecule has 2 heterocycles. The predicted octanol–water partition coefficient (Wildman–Crippen LogP) is 1.51. The number of benzene rings is 1. The summed E-state index contributed by atoms with van der Waals surface area (Å²) in [4.78, 5) is 51.1. The first-order chi connectivity index (χ1) is 11.3. The molecule has 7 nitrogen and oxygen atoms in total. The third kappa shape index (κ3) is 2.50. The highest BCUT2D eigenvalue weighted by Crippen LogP contribution is 2.29. The fourth-order valence-corrected chi connectivity index (χ4v) is 3.58. The zero-order valence-corrected chi connectivity index (χ0v) is 14.4. The predicted molar refractivity (Wildman–Crippen MR) is 86.5 cm³/mol. The maximum absolute atomic E-state index is 12.7. The van der Waals surface area contributed by atoms with Gasteiger partial charge in [0.1, 0.15) is 12.1 Å². The van der Waals surface area contributed by atoms with E-state index >= 15 is 0 Å². The van der Waals surface area contributed by atoms with Gasteiger partial charge in [0.25, 0.3) is 11.8 Å². The lowest BCUT2D eigenvalue weighted by Crippen LogP contribution is -2.52. The van der Waals surface area contributed by atoms with E-state index in [2.05, 4.69) is 15.9 Å². The highest BCUT2D eigenvalue weighted by Gasteiger charge is 2.44. The largest absolute Gasteiger partial charge is 0.480 e. The van der Waals surface area contributed by atoms with Crippen molar-refractivity contribution in [3.63, 3.8) is 0 Å². The average Bonchev–Trinajstić information content (AvgIpc) is 3.11. The Morgan fingerprint density at radius 2 is 1.92 bits per heavy atom. The summed E-state index contributed by atoms with van der Waals surface area (Å²) < 4.78 is 0.661. The fraction of sp³-hybridized carbons (Fsp3) is 0.375. The summed E-state index contributed by atoms with van der Waals surface area (Å²) in [6.45, 7) is 1.77. The Morgan fingerprint density at radius 1 is 1.25 bits per heavy atom. The van der Waals surface area contributed by atoms with E-state index in [0.29, 0.717) is 23.9 Å². The minimum Gasteiger partial charge on any atom is -0.480 e. The number of imide groups is 1. The number of carboxylic acids is 1. The zero-order valence-electron chi connectivity index (χ0n) is 12.9. The van der Waals surface area contributed by atoms with Crippen molar-refractivity contribution in [1.29, 1.82) is 0 Å². The topological polar surface area (TPSA) is 95.0 Å². The van der Waals surface area contributed by atoms with Crippen LogP contribution in [0, 0.1) is 0 Å². The maximum Gasteiger partial charge on any atom is 0.326 e. The van der Waals surface area contributed by atoms with Crippen LogP contribution in [0.4, 0.5) is 0 Å². The van der Waals surface area contributed by atoms with Gasteiger partial charge in [-0.15, -0.1) is 0 Å². The van der Waals surface area contributed by atoms with Crippen molar-refractivity contribution >= 4 is 39.6 Å². The van der Waals surface area contributed by atoms with Crippen LogP contribution in [0.25, 0.3) is 0 Å². The number of fused-ring (bicyclic) bond motifs is 1. The second-order valence-electron chi connectivity index (χ2n) is 5.87. The van der Waals surface area contributed by atoms with Crippen molar-refractivity contribution < 1.29 is 24.3 Å². The van der Waals surface area contributed by atoms with Crippen molar-refractivity contribution in [3.8, 4) is 0 Å². The third-order valence-corrected chi connectivity index (χ3v) is 4.94. The molecular weight excluding hydrogens is 380 g/mol. The van der Waals surface area contributed by atoms with Gasteiger partial charge < -0.3 is 10.0 Å². The summed E-state index contributed by atoms with van der Waals surface area (Å²) in [5.74, 6) is -2.66. The summed E-state index contributed by atoms with van der Waals surface area (Å²) in [7, 11) is 0. The number of likely N-dealkylation sites (tertiary alicyclic amines) is 1. The van der Waals surface area contributed by atoms with Crippen molar-refractivity contribution in [2.75, 3.05) is 6.54 Å². The lowest BCUT2D eigenvalue weighted by molar-refractivity contribution is -0.149. The third-order valence-electron chi connectivity index (χ3n) is 4.45. The number of hydrogen-bond acceptors (Lipinski definition) is 4. The smallest absolute Gasteiger partial charge is 0.326 e. The van der Waals surface area contributed by atoms with Gasteiger partial charge in [-0.05, 0) is 38.0 Å². The van der Waals surface area contributed by atoms with Crippen LogP contribution in [-0.2, 0) is 9.59 Å². The molecule has 2 aliphatic heterocycles. The van der Waals surface area contributed by atoms with E-state index in [1.165, 1.54) is 17.9 Å². The molecule has 126 valence electrons. The molecule has 2 atom stereocenters. The summed E-state index contributed by atoms with van der Waals surface area (Å²) >= 11 is 3.25. The van der Waals surface area contributed by atoms with Gasteiger partial charge >= 0.3 is 5.97 Å². The number of halogens is 1. The molecule has 3 amide bonds. The van der Waals surface area contributed by atoms with Crippen LogP contribution >= 0.6 is 15.9 Å². The number of carboxylic acid groups (broad SMARTS) is 1. The number of amides is 3. The first-order valence-corrected chi connectivity index (χ1v) is 8.33. The Balaban J connectivity index is 1.87. The molecular formula is C16H15BrN2O5. The van der Waals surface area contributed by atoms with Gasteiger partial charge in [-0.1, -0.05) is 15.9 Å². The van der Waals surface area contributed by atoms with Crippen LogP contribution in [0.2, 0.25) is 0 Å². The monoisotopic (exact) mass is 394 g/mol. The molecule has 0 aromatic heterocycles. The molecule has 0 aliphatic carbocycles. The van der Waals surface area contributed by atoms with Crippen LogP contribution in [0.15, 0.2) is 22.7 Å². The van der Waals surface area contributed by atoms with E-state index in [1.807, 2.05) is 0 Å². The van der Waals surface area contributed by atoms with E-state index < -0.39 is 35.8 Å². The number of rotatable bonds is 3. The van der Waals surface area contributed by atoms with Gasteiger partial charge in [0.05, 0.1) is 11.1 Å². The Morgan fingerprint density at radius 3 is 2.58 bits per heavy atom. The van der Waals surface area contributed by atoms with Crippen molar-refractivity contribution in [2.45, 2.75) is 31.8 Å². The molecule has 2 aliphatic rings. The van der Waals surface area contributed by atoms with Gasteiger partial charge in [0, 0.05) is 11.0 Å². The normalized spacial score (nSPS) is 21.2. The van der Waals surface area contributed by atoms with E-state index in [0.717, 1.165) is 4.90 Å². The van der Waals surface area contributed by atoms with Gasteiger partial charge in [-0.3, -0.25) is 19.3 Å². The second kappa shape index (κ2) is 6.01. The molecule has 1 unspecified atom stereocenters. The first-order valence-electron chi connectivity index (χ1n) is 7.53. The number of aliphatic carboxylic acids is 1. The minimum atomic E-state index is -1.07. The van der Waals surface area contributed by atoms with Crippen molar-refractivity contribution in [2.24, 2.45) is 0 Å². The molecule has 0 saturated carbocycles. The summed E-state index contributed by atoms with van der Waals surface area (Å²) in [5.41, 5.74) is 0.490. The molecule has 24 heavy (non-hydrogen) atoms. The molecule has 3 rings (SSSR count). The second-order valence-corrected chi connectivity index (χ2v) is 6.79.